The third-order valence-electron chi connectivity index (χ3n) is 4.49. The summed E-state index contributed by atoms with van der Waals surface area (Å²) in [6.07, 6.45) is 4.52. The van der Waals surface area contributed by atoms with Gasteiger partial charge in [0.2, 0.25) is 5.91 Å². The van der Waals surface area contributed by atoms with E-state index in [9.17, 15) is 14.9 Å². The molecule has 6 nitrogen and oxygen atoms in total. The molecule has 2 aromatic rings. The van der Waals surface area contributed by atoms with Crippen molar-refractivity contribution in [1.82, 2.24) is 14.7 Å². The van der Waals surface area contributed by atoms with Gasteiger partial charge in [-0.1, -0.05) is 18.2 Å². The predicted octanol–water partition coefficient (Wildman–Crippen LogP) is 2.52. The van der Waals surface area contributed by atoms with Gasteiger partial charge in [-0.3, -0.25) is 9.59 Å². The number of Topliss-reactive ketones (excluding diaryl/α,β-unsaturated/α-hetero) is 1. The fraction of sp³-hybridized carbons (Fsp3) is 0.368. The van der Waals surface area contributed by atoms with E-state index in [1.165, 1.54) is 0 Å². The van der Waals surface area contributed by atoms with Crippen LogP contribution in [0.15, 0.2) is 36.5 Å². The Labute approximate surface area is 146 Å². The number of nitriles is 1. The summed E-state index contributed by atoms with van der Waals surface area (Å²) in [6.45, 7) is 2.95. The molecule has 0 bridgehead atoms. The van der Waals surface area contributed by atoms with Gasteiger partial charge in [0.15, 0.2) is 11.7 Å². The average Bonchev–Trinajstić information content (AvgIpc) is 3.05. The minimum atomic E-state index is -1.30. The molecule has 1 atom stereocenters. The maximum atomic E-state index is 12.8. The number of rotatable bonds is 4. The van der Waals surface area contributed by atoms with Crippen LogP contribution in [0, 0.1) is 24.2 Å². The zero-order valence-electron chi connectivity index (χ0n) is 14.2. The van der Waals surface area contributed by atoms with E-state index in [1.807, 2.05) is 36.4 Å². The fourth-order valence-corrected chi connectivity index (χ4v) is 3.09. The van der Waals surface area contributed by atoms with Crippen LogP contribution in [-0.4, -0.2) is 39.5 Å². The number of carbonyl (C=O) groups is 2. The van der Waals surface area contributed by atoms with E-state index in [-0.39, 0.29) is 5.91 Å². The van der Waals surface area contributed by atoms with Gasteiger partial charge in [-0.2, -0.15) is 10.4 Å². The van der Waals surface area contributed by atoms with Crippen molar-refractivity contribution in [2.75, 3.05) is 13.1 Å². The van der Waals surface area contributed by atoms with Crippen molar-refractivity contribution in [2.24, 2.45) is 5.92 Å². The van der Waals surface area contributed by atoms with E-state index < -0.39 is 11.7 Å². The van der Waals surface area contributed by atoms with E-state index in [0.29, 0.717) is 24.3 Å². The Kier molecular flexibility index (Phi) is 4.94. The summed E-state index contributed by atoms with van der Waals surface area (Å²) in [7, 11) is 0. The molecule has 0 unspecified atom stereocenters. The number of para-hydroxylation sites is 1. The summed E-state index contributed by atoms with van der Waals surface area (Å²) in [6, 6.07) is 11.3. The first-order valence-electron chi connectivity index (χ1n) is 8.46. The number of aromatic nitrogens is 2. The van der Waals surface area contributed by atoms with Crippen LogP contribution in [0.5, 0.6) is 0 Å². The van der Waals surface area contributed by atoms with Gasteiger partial charge in [0, 0.05) is 19.3 Å². The summed E-state index contributed by atoms with van der Waals surface area (Å²) in [5.41, 5.74) is 1.65. The lowest BCUT2D eigenvalue weighted by molar-refractivity contribution is -0.133. The van der Waals surface area contributed by atoms with Crippen LogP contribution >= 0.6 is 0 Å². The second-order valence-electron chi connectivity index (χ2n) is 6.22. The summed E-state index contributed by atoms with van der Waals surface area (Å²) < 4.78 is 1.60. The van der Waals surface area contributed by atoms with Crippen LogP contribution in [0.3, 0.4) is 0 Å². The molecule has 3 rings (SSSR count). The smallest absolute Gasteiger partial charge is 0.247 e. The molecular formula is C19H20N4O2. The van der Waals surface area contributed by atoms with Crippen LogP contribution in [0.25, 0.3) is 5.69 Å². The van der Waals surface area contributed by atoms with Gasteiger partial charge in [-0.25, -0.2) is 4.68 Å². The molecular weight excluding hydrogens is 316 g/mol. The molecule has 1 aromatic carbocycles. The van der Waals surface area contributed by atoms with E-state index in [2.05, 4.69) is 5.10 Å². The van der Waals surface area contributed by atoms with Crippen LogP contribution in [0.4, 0.5) is 0 Å². The van der Waals surface area contributed by atoms with E-state index >= 15 is 0 Å². The Hall–Kier alpha value is -2.94. The number of hydrogen-bond donors (Lipinski definition) is 0. The maximum Gasteiger partial charge on any atom is 0.247 e. The molecule has 0 N–H and O–H groups in total. The van der Waals surface area contributed by atoms with Crippen LogP contribution in [0.2, 0.25) is 0 Å². The molecule has 25 heavy (non-hydrogen) atoms. The SMILES string of the molecule is Cc1nn(-c2ccccc2)cc1C(=O)[C@@H](C#N)C(=O)N1CCCCC1. The Morgan fingerprint density at radius 3 is 2.48 bits per heavy atom. The van der Waals surface area contributed by atoms with Crippen molar-refractivity contribution in [3.8, 4) is 11.8 Å². The molecule has 1 aliphatic heterocycles. The number of carbonyl (C=O) groups excluding carboxylic acids is 2. The lowest BCUT2D eigenvalue weighted by atomic mass is 9.97. The third-order valence-corrected chi connectivity index (χ3v) is 4.49. The topological polar surface area (TPSA) is 79.0 Å². The molecule has 2 heterocycles. The number of benzene rings is 1. The van der Waals surface area contributed by atoms with Crippen molar-refractivity contribution in [3.05, 3.63) is 47.8 Å². The molecule has 128 valence electrons. The molecule has 6 heteroatoms. The monoisotopic (exact) mass is 336 g/mol. The molecule has 1 fully saturated rings. The van der Waals surface area contributed by atoms with Gasteiger partial charge in [0.1, 0.15) is 0 Å². The maximum absolute atomic E-state index is 12.8. The van der Waals surface area contributed by atoms with Crippen molar-refractivity contribution in [3.63, 3.8) is 0 Å². The summed E-state index contributed by atoms with van der Waals surface area (Å²) in [5.74, 6) is -2.16. The number of hydrogen-bond acceptors (Lipinski definition) is 4. The molecule has 1 saturated heterocycles. The minimum Gasteiger partial charge on any atom is -0.341 e. The van der Waals surface area contributed by atoms with Gasteiger partial charge in [-0.05, 0) is 38.3 Å². The van der Waals surface area contributed by atoms with Gasteiger partial charge in [-0.15, -0.1) is 0 Å². The second-order valence-corrected chi connectivity index (χ2v) is 6.22. The largest absolute Gasteiger partial charge is 0.341 e. The van der Waals surface area contributed by atoms with Crippen LogP contribution in [-0.2, 0) is 4.79 Å². The summed E-state index contributed by atoms with van der Waals surface area (Å²) in [5, 5.41) is 13.8. The van der Waals surface area contributed by atoms with Crippen molar-refractivity contribution in [1.29, 1.82) is 5.26 Å². The normalized spacial score (nSPS) is 15.4. The van der Waals surface area contributed by atoms with Crippen molar-refractivity contribution in [2.45, 2.75) is 26.2 Å². The second kappa shape index (κ2) is 7.31. The molecule has 0 spiro atoms. The predicted molar refractivity (Wildman–Crippen MR) is 92.2 cm³/mol. The highest BCUT2D eigenvalue weighted by Crippen LogP contribution is 2.19. The quantitative estimate of drug-likeness (QED) is 0.635. The lowest BCUT2D eigenvalue weighted by Gasteiger charge is -2.27. The molecule has 0 saturated carbocycles. The number of aryl methyl sites for hydroxylation is 1. The minimum absolute atomic E-state index is 0.320. The number of likely N-dealkylation sites (tertiary alicyclic amines) is 1. The van der Waals surface area contributed by atoms with E-state index in [0.717, 1.165) is 24.9 Å². The van der Waals surface area contributed by atoms with E-state index in [4.69, 9.17) is 0 Å². The Morgan fingerprint density at radius 2 is 1.84 bits per heavy atom. The molecule has 1 aromatic heterocycles. The number of amides is 1. The third kappa shape index (κ3) is 3.45. The van der Waals surface area contributed by atoms with Crippen LogP contribution < -0.4 is 0 Å². The van der Waals surface area contributed by atoms with Crippen molar-refractivity contribution >= 4 is 11.7 Å². The summed E-state index contributed by atoms with van der Waals surface area (Å²) in [4.78, 5) is 27.0. The average molecular weight is 336 g/mol. The van der Waals surface area contributed by atoms with Crippen LogP contribution in [0.1, 0.15) is 35.3 Å². The molecule has 1 amide bonds. The highest BCUT2D eigenvalue weighted by atomic mass is 16.2. The fourth-order valence-electron chi connectivity index (χ4n) is 3.09. The molecule has 1 aliphatic rings. The molecule has 0 aliphatic carbocycles. The first-order chi connectivity index (χ1) is 12.1. The van der Waals surface area contributed by atoms with Gasteiger partial charge in [0.25, 0.3) is 0 Å². The van der Waals surface area contributed by atoms with Gasteiger partial charge in [0.05, 0.1) is 23.0 Å². The van der Waals surface area contributed by atoms with Gasteiger partial charge >= 0.3 is 0 Å². The highest BCUT2D eigenvalue weighted by molar-refractivity contribution is 6.12. The number of ketones is 1. The Morgan fingerprint density at radius 1 is 1.16 bits per heavy atom. The van der Waals surface area contributed by atoms with E-state index in [1.54, 1.807) is 22.7 Å². The van der Waals surface area contributed by atoms with Crippen molar-refractivity contribution < 1.29 is 9.59 Å². The Balaban J connectivity index is 1.85. The number of piperidine rings is 1. The first kappa shape index (κ1) is 16.9. The zero-order chi connectivity index (χ0) is 17.8. The first-order valence-corrected chi connectivity index (χ1v) is 8.46. The standard InChI is InChI=1S/C19H20N4O2/c1-14-17(13-23(21-14)15-8-4-2-5-9-15)18(24)16(12-20)19(25)22-10-6-3-7-11-22/h2,4-5,8-9,13,16H,3,6-7,10-11H2,1H3/t16-/m1/s1. The molecule has 0 radical (unpaired) electrons. The zero-order valence-corrected chi connectivity index (χ0v) is 14.2. The highest BCUT2D eigenvalue weighted by Gasteiger charge is 2.33. The lowest BCUT2D eigenvalue weighted by Crippen LogP contribution is -2.41. The van der Waals surface area contributed by atoms with Gasteiger partial charge < -0.3 is 4.90 Å². The summed E-state index contributed by atoms with van der Waals surface area (Å²) >= 11 is 0. The Bertz CT molecular complexity index is 814. The number of nitrogens with zero attached hydrogens (tertiary/aromatic N) is 4.